The van der Waals surface area contributed by atoms with Gasteiger partial charge in [-0.2, -0.15) is 0 Å². The Morgan fingerprint density at radius 1 is 1.35 bits per heavy atom. The number of benzene rings is 1. The van der Waals surface area contributed by atoms with Gasteiger partial charge in [-0.1, -0.05) is 37.1 Å². The van der Waals surface area contributed by atoms with Gasteiger partial charge in [0.05, 0.1) is 6.42 Å². The lowest BCUT2D eigenvalue weighted by atomic mass is 10.0. The fraction of sp³-hybridized carbons (Fsp3) is 0.533. The highest BCUT2D eigenvalue weighted by molar-refractivity contribution is 5.79. The third-order valence-electron chi connectivity index (χ3n) is 2.98. The summed E-state index contributed by atoms with van der Waals surface area (Å²) in [6.45, 7) is 8.30. The number of rotatable bonds is 5. The van der Waals surface area contributed by atoms with E-state index in [2.05, 4.69) is 51.2 Å². The first kappa shape index (κ1) is 13.8. The van der Waals surface area contributed by atoms with Crippen molar-refractivity contribution in [1.82, 2.24) is 5.32 Å². The van der Waals surface area contributed by atoms with E-state index in [0.29, 0.717) is 6.42 Å². The summed E-state index contributed by atoms with van der Waals surface area (Å²) in [6.07, 6.45) is 2.63. The quantitative estimate of drug-likeness (QED) is 0.831. The molecule has 1 N–H and O–H groups in total. The summed E-state index contributed by atoms with van der Waals surface area (Å²) < 4.78 is 0. The fourth-order valence-corrected chi connectivity index (χ4v) is 1.99. The number of hydrogen-bond donors (Lipinski definition) is 1. The van der Waals surface area contributed by atoms with Crippen LogP contribution in [-0.2, 0) is 11.2 Å². The monoisotopic (exact) mass is 233 g/mol. The van der Waals surface area contributed by atoms with E-state index < -0.39 is 0 Å². The molecule has 0 radical (unpaired) electrons. The maximum absolute atomic E-state index is 11.9. The van der Waals surface area contributed by atoms with E-state index >= 15 is 0 Å². The highest BCUT2D eigenvalue weighted by atomic mass is 16.1. The average Bonchev–Trinajstić information content (AvgIpc) is 2.23. The molecule has 0 aromatic heterocycles. The van der Waals surface area contributed by atoms with Gasteiger partial charge in [0.15, 0.2) is 0 Å². The van der Waals surface area contributed by atoms with E-state index in [-0.39, 0.29) is 11.9 Å². The van der Waals surface area contributed by atoms with Crippen LogP contribution in [0.1, 0.15) is 43.4 Å². The minimum Gasteiger partial charge on any atom is -0.353 e. The highest BCUT2D eigenvalue weighted by Gasteiger charge is 2.09. The van der Waals surface area contributed by atoms with Crippen LogP contribution in [0.2, 0.25) is 0 Å². The van der Waals surface area contributed by atoms with Crippen LogP contribution in [0.3, 0.4) is 0 Å². The van der Waals surface area contributed by atoms with Crippen LogP contribution < -0.4 is 5.32 Å². The lowest BCUT2D eigenvalue weighted by Crippen LogP contribution is -2.33. The van der Waals surface area contributed by atoms with Crippen LogP contribution >= 0.6 is 0 Å². The number of amides is 1. The Bertz CT molecular complexity index is 385. The van der Waals surface area contributed by atoms with Gasteiger partial charge in [-0.3, -0.25) is 4.79 Å². The molecule has 0 fully saturated rings. The predicted molar refractivity (Wildman–Crippen MR) is 72.1 cm³/mol. The van der Waals surface area contributed by atoms with Gasteiger partial charge in [-0.05, 0) is 38.3 Å². The lowest BCUT2D eigenvalue weighted by molar-refractivity contribution is -0.121. The SMILES string of the molecule is CCC[C@H](C)NC(=O)Cc1cc(C)ccc1C. The molecular weight excluding hydrogens is 210 g/mol. The first-order valence-corrected chi connectivity index (χ1v) is 6.38. The van der Waals surface area contributed by atoms with Gasteiger partial charge in [0.2, 0.25) is 5.91 Å². The van der Waals surface area contributed by atoms with Crippen molar-refractivity contribution in [2.75, 3.05) is 0 Å². The van der Waals surface area contributed by atoms with E-state index in [0.717, 1.165) is 18.4 Å². The average molecular weight is 233 g/mol. The molecule has 1 aromatic carbocycles. The second-order valence-electron chi connectivity index (χ2n) is 4.86. The van der Waals surface area contributed by atoms with Gasteiger partial charge in [-0.15, -0.1) is 0 Å². The van der Waals surface area contributed by atoms with Crippen molar-refractivity contribution in [3.8, 4) is 0 Å². The molecule has 2 heteroatoms. The van der Waals surface area contributed by atoms with E-state index in [1.54, 1.807) is 0 Å². The Balaban J connectivity index is 2.58. The fourth-order valence-electron chi connectivity index (χ4n) is 1.99. The van der Waals surface area contributed by atoms with E-state index in [1.165, 1.54) is 11.1 Å². The Labute approximate surface area is 104 Å². The zero-order valence-electron chi connectivity index (χ0n) is 11.3. The Kier molecular flexibility index (Phi) is 5.20. The maximum atomic E-state index is 11.9. The first-order chi connectivity index (χ1) is 8.02. The summed E-state index contributed by atoms with van der Waals surface area (Å²) in [5.41, 5.74) is 3.53. The maximum Gasteiger partial charge on any atom is 0.224 e. The minimum atomic E-state index is 0.125. The molecule has 0 spiro atoms. The van der Waals surface area contributed by atoms with E-state index in [9.17, 15) is 4.79 Å². The normalized spacial score (nSPS) is 12.2. The standard InChI is InChI=1S/C15H23NO/c1-5-6-13(4)16-15(17)10-14-9-11(2)7-8-12(14)3/h7-9,13H,5-6,10H2,1-4H3,(H,16,17)/t13-/m0/s1. The molecule has 17 heavy (non-hydrogen) atoms. The smallest absolute Gasteiger partial charge is 0.224 e. The van der Waals surface area contributed by atoms with Crippen LogP contribution in [-0.4, -0.2) is 11.9 Å². The third-order valence-corrected chi connectivity index (χ3v) is 2.98. The zero-order valence-corrected chi connectivity index (χ0v) is 11.3. The van der Waals surface area contributed by atoms with Crippen molar-refractivity contribution in [3.63, 3.8) is 0 Å². The molecule has 1 atom stereocenters. The predicted octanol–water partition coefficient (Wildman–Crippen LogP) is 3.15. The van der Waals surface area contributed by atoms with Crippen LogP contribution in [0.4, 0.5) is 0 Å². The van der Waals surface area contributed by atoms with E-state index in [1.807, 2.05) is 0 Å². The third kappa shape index (κ3) is 4.59. The molecule has 1 amide bonds. The molecule has 1 aromatic rings. The Morgan fingerprint density at radius 2 is 2.06 bits per heavy atom. The Morgan fingerprint density at radius 3 is 2.71 bits per heavy atom. The van der Waals surface area contributed by atoms with Crippen molar-refractivity contribution < 1.29 is 4.79 Å². The molecule has 94 valence electrons. The molecule has 0 saturated carbocycles. The van der Waals surface area contributed by atoms with Gasteiger partial charge in [0, 0.05) is 6.04 Å². The van der Waals surface area contributed by atoms with Gasteiger partial charge < -0.3 is 5.32 Å². The second kappa shape index (κ2) is 6.43. The van der Waals surface area contributed by atoms with Crippen LogP contribution in [0.15, 0.2) is 18.2 Å². The van der Waals surface area contributed by atoms with Crippen LogP contribution in [0.5, 0.6) is 0 Å². The summed E-state index contributed by atoms with van der Waals surface area (Å²) in [5.74, 6) is 0.125. The van der Waals surface area contributed by atoms with Gasteiger partial charge >= 0.3 is 0 Å². The summed E-state index contributed by atoms with van der Waals surface area (Å²) in [6, 6.07) is 6.53. The molecule has 0 unspecified atom stereocenters. The minimum absolute atomic E-state index is 0.125. The highest BCUT2D eigenvalue weighted by Crippen LogP contribution is 2.11. The largest absolute Gasteiger partial charge is 0.353 e. The molecular formula is C15H23NO. The first-order valence-electron chi connectivity index (χ1n) is 6.38. The van der Waals surface area contributed by atoms with Gasteiger partial charge in [0.1, 0.15) is 0 Å². The summed E-state index contributed by atoms with van der Waals surface area (Å²) in [7, 11) is 0. The van der Waals surface area contributed by atoms with Crippen molar-refractivity contribution in [3.05, 3.63) is 34.9 Å². The zero-order chi connectivity index (χ0) is 12.8. The molecule has 0 aliphatic heterocycles. The molecule has 1 rings (SSSR count). The number of nitrogens with one attached hydrogen (secondary N) is 1. The van der Waals surface area contributed by atoms with Crippen molar-refractivity contribution in [1.29, 1.82) is 0 Å². The molecule has 0 aliphatic carbocycles. The molecule has 2 nitrogen and oxygen atoms in total. The van der Waals surface area contributed by atoms with Crippen LogP contribution in [0.25, 0.3) is 0 Å². The Hall–Kier alpha value is -1.31. The lowest BCUT2D eigenvalue weighted by Gasteiger charge is -2.13. The number of aryl methyl sites for hydroxylation is 2. The molecule has 0 saturated heterocycles. The van der Waals surface area contributed by atoms with Crippen molar-refractivity contribution in [2.45, 2.75) is 53.0 Å². The summed E-state index contributed by atoms with van der Waals surface area (Å²) >= 11 is 0. The second-order valence-corrected chi connectivity index (χ2v) is 4.86. The topological polar surface area (TPSA) is 29.1 Å². The van der Waals surface area contributed by atoms with Gasteiger partial charge in [0.25, 0.3) is 0 Å². The molecule has 0 heterocycles. The molecule has 0 bridgehead atoms. The number of carbonyl (C=O) groups is 1. The van der Waals surface area contributed by atoms with Gasteiger partial charge in [-0.25, -0.2) is 0 Å². The number of hydrogen-bond acceptors (Lipinski definition) is 1. The van der Waals surface area contributed by atoms with Crippen LogP contribution in [0, 0.1) is 13.8 Å². The summed E-state index contributed by atoms with van der Waals surface area (Å²) in [4.78, 5) is 11.9. The molecule has 0 aliphatic rings. The van der Waals surface area contributed by atoms with Crippen molar-refractivity contribution >= 4 is 5.91 Å². The van der Waals surface area contributed by atoms with E-state index in [4.69, 9.17) is 0 Å². The van der Waals surface area contributed by atoms with Crippen molar-refractivity contribution in [2.24, 2.45) is 0 Å². The summed E-state index contributed by atoms with van der Waals surface area (Å²) in [5, 5.41) is 3.04. The number of carbonyl (C=O) groups excluding carboxylic acids is 1.